The quantitative estimate of drug-likeness (QED) is 0.811. The van der Waals surface area contributed by atoms with Gasteiger partial charge < -0.3 is 15.0 Å². The number of anilines is 1. The van der Waals surface area contributed by atoms with Gasteiger partial charge in [-0.3, -0.25) is 4.98 Å². The fourth-order valence-corrected chi connectivity index (χ4v) is 3.08. The molecule has 1 aliphatic rings. The molecule has 24 heavy (non-hydrogen) atoms. The Bertz CT molecular complexity index is 660. The van der Waals surface area contributed by atoms with Crippen molar-refractivity contribution in [1.82, 2.24) is 9.88 Å². The van der Waals surface area contributed by atoms with Crippen LogP contribution in [0.3, 0.4) is 0 Å². The van der Waals surface area contributed by atoms with Gasteiger partial charge in [-0.2, -0.15) is 0 Å². The molecule has 1 unspecified atom stereocenters. The van der Waals surface area contributed by atoms with E-state index in [9.17, 15) is 0 Å². The second-order valence-corrected chi connectivity index (χ2v) is 6.63. The van der Waals surface area contributed by atoms with E-state index in [1.54, 1.807) is 12.4 Å². The molecule has 0 aliphatic carbocycles. The second-order valence-electron chi connectivity index (χ2n) is 5.81. The molecular weight excluding hydrogens is 342 g/mol. The van der Waals surface area contributed by atoms with E-state index < -0.39 is 0 Å². The number of aromatic nitrogens is 1. The van der Waals surface area contributed by atoms with E-state index in [2.05, 4.69) is 15.2 Å². The molecule has 2 heterocycles. The monoisotopic (exact) mass is 361 g/mol. The third-order valence-corrected chi connectivity index (χ3v) is 4.57. The Morgan fingerprint density at radius 3 is 2.67 bits per heavy atom. The van der Waals surface area contributed by atoms with Crippen LogP contribution < -0.4 is 5.32 Å². The first kappa shape index (κ1) is 17.1. The highest BCUT2D eigenvalue weighted by Gasteiger charge is 2.21. The number of rotatable bonds is 5. The Labute approximate surface area is 152 Å². The number of pyridine rings is 1. The minimum Gasteiger partial charge on any atom is -0.376 e. The average Bonchev–Trinajstić information content (AvgIpc) is 3.10. The van der Waals surface area contributed by atoms with Crippen LogP contribution in [0.2, 0.25) is 5.02 Å². The average molecular weight is 362 g/mol. The van der Waals surface area contributed by atoms with Crippen LogP contribution in [0, 0.1) is 0 Å². The summed E-state index contributed by atoms with van der Waals surface area (Å²) >= 11 is 11.6. The number of ether oxygens (including phenoxy) is 1. The standard InChI is InChI=1S/C18H20ClN3OS/c19-15-3-5-16(6-4-15)21-18(24)22(13-17-2-1-11-23-17)12-14-7-9-20-10-8-14/h3-10,17H,1-2,11-13H2,(H,21,24). The minimum absolute atomic E-state index is 0.233. The van der Waals surface area contributed by atoms with Crippen LogP contribution in [-0.4, -0.2) is 34.3 Å². The van der Waals surface area contributed by atoms with Gasteiger partial charge in [-0.25, -0.2) is 0 Å². The molecule has 1 N–H and O–H groups in total. The van der Waals surface area contributed by atoms with Crippen LogP contribution >= 0.6 is 23.8 Å². The van der Waals surface area contributed by atoms with E-state index in [0.29, 0.717) is 10.1 Å². The van der Waals surface area contributed by atoms with E-state index >= 15 is 0 Å². The summed E-state index contributed by atoms with van der Waals surface area (Å²) in [5.74, 6) is 0. The molecule has 0 amide bonds. The summed E-state index contributed by atoms with van der Waals surface area (Å²) in [7, 11) is 0. The van der Waals surface area contributed by atoms with Crippen LogP contribution in [0.15, 0.2) is 48.8 Å². The van der Waals surface area contributed by atoms with Crippen LogP contribution in [0.1, 0.15) is 18.4 Å². The molecule has 1 saturated heterocycles. The molecule has 1 atom stereocenters. The number of nitrogens with zero attached hydrogens (tertiary/aromatic N) is 2. The van der Waals surface area contributed by atoms with E-state index in [1.165, 1.54) is 5.56 Å². The number of halogens is 1. The second kappa shape index (κ2) is 8.42. The molecule has 126 valence electrons. The largest absolute Gasteiger partial charge is 0.376 e. The Balaban J connectivity index is 1.69. The lowest BCUT2D eigenvalue weighted by molar-refractivity contribution is 0.0905. The molecule has 0 spiro atoms. The molecule has 3 rings (SSSR count). The molecule has 0 bridgehead atoms. The zero-order chi connectivity index (χ0) is 16.8. The fourth-order valence-electron chi connectivity index (χ4n) is 2.70. The van der Waals surface area contributed by atoms with E-state index in [0.717, 1.165) is 38.2 Å². The van der Waals surface area contributed by atoms with Gasteiger partial charge in [0.25, 0.3) is 0 Å². The summed E-state index contributed by atoms with van der Waals surface area (Å²) in [6, 6.07) is 11.6. The summed E-state index contributed by atoms with van der Waals surface area (Å²) in [6.07, 6.45) is 6.03. The van der Waals surface area contributed by atoms with Crippen molar-refractivity contribution in [3.63, 3.8) is 0 Å². The maximum atomic E-state index is 5.94. The maximum Gasteiger partial charge on any atom is 0.173 e. The first-order chi connectivity index (χ1) is 11.7. The molecule has 1 aliphatic heterocycles. The molecule has 6 heteroatoms. The first-order valence-corrected chi connectivity index (χ1v) is 8.81. The normalized spacial score (nSPS) is 16.8. The number of benzene rings is 1. The zero-order valence-corrected chi connectivity index (χ0v) is 14.9. The van der Waals surface area contributed by atoms with Crippen molar-refractivity contribution < 1.29 is 4.74 Å². The molecule has 1 aromatic heterocycles. The summed E-state index contributed by atoms with van der Waals surface area (Å²) in [5.41, 5.74) is 2.10. The van der Waals surface area contributed by atoms with Crippen LogP contribution in [0.5, 0.6) is 0 Å². The Morgan fingerprint density at radius 2 is 2.00 bits per heavy atom. The molecule has 1 aromatic carbocycles. The highest BCUT2D eigenvalue weighted by molar-refractivity contribution is 7.80. The lowest BCUT2D eigenvalue weighted by Gasteiger charge is -2.28. The number of nitrogens with one attached hydrogen (secondary N) is 1. The van der Waals surface area contributed by atoms with Gasteiger partial charge in [-0.05, 0) is 67.0 Å². The topological polar surface area (TPSA) is 37.4 Å². The highest BCUT2D eigenvalue weighted by atomic mass is 35.5. The van der Waals surface area contributed by atoms with E-state index in [4.69, 9.17) is 28.6 Å². The first-order valence-electron chi connectivity index (χ1n) is 8.03. The van der Waals surface area contributed by atoms with Crippen molar-refractivity contribution in [3.05, 3.63) is 59.4 Å². The fraction of sp³-hybridized carbons (Fsp3) is 0.333. The Hall–Kier alpha value is -1.69. The zero-order valence-electron chi connectivity index (χ0n) is 13.3. The van der Waals surface area contributed by atoms with Crippen molar-refractivity contribution in [3.8, 4) is 0 Å². The predicted octanol–water partition coefficient (Wildman–Crippen LogP) is 4.11. The Kier molecular flexibility index (Phi) is 6.01. The van der Waals surface area contributed by atoms with Gasteiger partial charge in [0.15, 0.2) is 5.11 Å². The van der Waals surface area contributed by atoms with Gasteiger partial charge in [0.1, 0.15) is 0 Å². The maximum absolute atomic E-state index is 5.94. The van der Waals surface area contributed by atoms with Gasteiger partial charge in [0.2, 0.25) is 0 Å². The van der Waals surface area contributed by atoms with Crippen molar-refractivity contribution in [2.75, 3.05) is 18.5 Å². The van der Waals surface area contributed by atoms with E-state index in [1.807, 2.05) is 36.4 Å². The van der Waals surface area contributed by atoms with Crippen LogP contribution in [0.4, 0.5) is 5.69 Å². The summed E-state index contributed by atoms with van der Waals surface area (Å²) in [5, 5.41) is 4.68. The van der Waals surface area contributed by atoms with Crippen molar-refractivity contribution in [2.24, 2.45) is 0 Å². The molecular formula is C18H20ClN3OS. The van der Waals surface area contributed by atoms with Crippen LogP contribution in [0.25, 0.3) is 0 Å². The van der Waals surface area contributed by atoms with Crippen molar-refractivity contribution in [2.45, 2.75) is 25.5 Å². The number of hydrogen-bond donors (Lipinski definition) is 1. The third kappa shape index (κ3) is 4.90. The lowest BCUT2D eigenvalue weighted by Crippen LogP contribution is -2.39. The minimum atomic E-state index is 0.233. The van der Waals surface area contributed by atoms with Crippen LogP contribution in [-0.2, 0) is 11.3 Å². The molecule has 2 aromatic rings. The number of hydrogen-bond acceptors (Lipinski definition) is 3. The van der Waals surface area contributed by atoms with Gasteiger partial charge in [-0.15, -0.1) is 0 Å². The molecule has 4 nitrogen and oxygen atoms in total. The summed E-state index contributed by atoms with van der Waals surface area (Å²) in [6.45, 7) is 2.34. The lowest BCUT2D eigenvalue weighted by atomic mass is 10.2. The van der Waals surface area contributed by atoms with Crippen molar-refractivity contribution >= 4 is 34.6 Å². The predicted molar refractivity (Wildman–Crippen MR) is 101 cm³/mol. The van der Waals surface area contributed by atoms with Gasteiger partial charge in [0.05, 0.1) is 6.10 Å². The van der Waals surface area contributed by atoms with Crippen molar-refractivity contribution in [1.29, 1.82) is 0 Å². The highest BCUT2D eigenvalue weighted by Crippen LogP contribution is 2.18. The van der Waals surface area contributed by atoms with Gasteiger partial charge >= 0.3 is 0 Å². The van der Waals surface area contributed by atoms with Gasteiger partial charge in [-0.1, -0.05) is 11.6 Å². The summed E-state index contributed by atoms with van der Waals surface area (Å²) in [4.78, 5) is 6.22. The van der Waals surface area contributed by atoms with Gasteiger partial charge in [0, 0.05) is 42.8 Å². The SMILES string of the molecule is S=C(Nc1ccc(Cl)cc1)N(Cc1ccncc1)CC1CCCO1. The summed E-state index contributed by atoms with van der Waals surface area (Å²) < 4.78 is 5.78. The van der Waals surface area contributed by atoms with E-state index in [-0.39, 0.29) is 6.10 Å². The molecule has 0 saturated carbocycles. The number of thiocarbonyl (C=S) groups is 1. The molecule has 1 fully saturated rings. The third-order valence-electron chi connectivity index (χ3n) is 3.95. The molecule has 0 radical (unpaired) electrons. The Morgan fingerprint density at radius 1 is 1.25 bits per heavy atom. The smallest absolute Gasteiger partial charge is 0.173 e.